The number of nitrogens with one attached hydrogen (secondary N) is 2. The van der Waals surface area contributed by atoms with Crippen LogP contribution in [0.25, 0.3) is 0 Å². The van der Waals surface area contributed by atoms with Crippen LogP contribution in [0.15, 0.2) is 0 Å². The molecule has 1 aliphatic rings. The lowest BCUT2D eigenvalue weighted by Gasteiger charge is -2.23. The summed E-state index contributed by atoms with van der Waals surface area (Å²) in [5, 5.41) is 6.00. The minimum Gasteiger partial charge on any atom is -0.467 e. The van der Waals surface area contributed by atoms with Crippen LogP contribution < -0.4 is 10.6 Å². The third-order valence-electron chi connectivity index (χ3n) is 3.50. The van der Waals surface area contributed by atoms with Crippen LogP contribution >= 0.6 is 0 Å². The fourth-order valence-corrected chi connectivity index (χ4v) is 2.37. The maximum atomic E-state index is 11.9. The monoisotopic (exact) mass is 300 g/mol. The Labute approximate surface area is 126 Å². The van der Waals surface area contributed by atoms with Gasteiger partial charge in [0.05, 0.1) is 19.8 Å². The van der Waals surface area contributed by atoms with E-state index >= 15 is 0 Å². The maximum Gasteiger partial charge on any atom is 0.328 e. The highest BCUT2D eigenvalue weighted by molar-refractivity contribution is 5.84. The Kier molecular flexibility index (Phi) is 8.30. The van der Waals surface area contributed by atoms with E-state index in [2.05, 4.69) is 10.6 Å². The minimum atomic E-state index is -0.568. The van der Waals surface area contributed by atoms with Gasteiger partial charge in [-0.3, -0.25) is 4.79 Å². The Morgan fingerprint density at radius 2 is 1.95 bits per heavy atom. The quantitative estimate of drug-likeness (QED) is 0.650. The van der Waals surface area contributed by atoms with Crippen molar-refractivity contribution in [1.82, 2.24) is 10.6 Å². The van der Waals surface area contributed by atoms with Gasteiger partial charge in [0.2, 0.25) is 5.91 Å². The van der Waals surface area contributed by atoms with E-state index in [-0.39, 0.29) is 18.4 Å². The van der Waals surface area contributed by atoms with Crippen molar-refractivity contribution in [2.75, 3.05) is 26.8 Å². The van der Waals surface area contributed by atoms with Crippen LogP contribution in [0, 0.1) is 5.92 Å². The lowest BCUT2D eigenvalue weighted by molar-refractivity contribution is -0.145. The predicted molar refractivity (Wildman–Crippen MR) is 79.9 cm³/mol. The molecule has 1 amide bonds. The SMILES string of the molecule is COC(=O)C(CC(C)C)NC(=O)CCOC1CCNCC1. The summed E-state index contributed by atoms with van der Waals surface area (Å²) >= 11 is 0. The van der Waals surface area contributed by atoms with E-state index in [0.717, 1.165) is 25.9 Å². The molecule has 0 spiro atoms. The zero-order chi connectivity index (χ0) is 15.7. The summed E-state index contributed by atoms with van der Waals surface area (Å²) in [5.74, 6) is -0.253. The molecule has 2 N–H and O–H groups in total. The Balaban J connectivity index is 2.27. The second-order valence-corrected chi connectivity index (χ2v) is 5.84. The summed E-state index contributed by atoms with van der Waals surface area (Å²) in [7, 11) is 1.34. The molecule has 1 fully saturated rings. The fraction of sp³-hybridized carbons (Fsp3) is 0.867. The molecule has 122 valence electrons. The lowest BCUT2D eigenvalue weighted by atomic mass is 10.0. The third-order valence-corrected chi connectivity index (χ3v) is 3.50. The largest absolute Gasteiger partial charge is 0.467 e. The first-order chi connectivity index (χ1) is 10.0. The van der Waals surface area contributed by atoms with Gasteiger partial charge in [-0.2, -0.15) is 0 Å². The molecule has 1 atom stereocenters. The van der Waals surface area contributed by atoms with Crippen LogP contribution in [0.5, 0.6) is 0 Å². The van der Waals surface area contributed by atoms with Gasteiger partial charge >= 0.3 is 5.97 Å². The molecular weight excluding hydrogens is 272 g/mol. The van der Waals surface area contributed by atoms with Crippen molar-refractivity contribution in [3.63, 3.8) is 0 Å². The lowest BCUT2D eigenvalue weighted by Crippen LogP contribution is -2.42. The highest BCUT2D eigenvalue weighted by atomic mass is 16.5. The van der Waals surface area contributed by atoms with Crippen molar-refractivity contribution < 1.29 is 19.1 Å². The molecule has 0 saturated carbocycles. The first kappa shape index (κ1) is 17.9. The van der Waals surface area contributed by atoms with Crippen LogP contribution in [-0.4, -0.2) is 50.8 Å². The van der Waals surface area contributed by atoms with Gasteiger partial charge in [-0.1, -0.05) is 13.8 Å². The molecule has 0 aromatic rings. The van der Waals surface area contributed by atoms with Gasteiger partial charge in [0.25, 0.3) is 0 Å². The van der Waals surface area contributed by atoms with Gasteiger partial charge in [-0.15, -0.1) is 0 Å². The number of hydrogen-bond acceptors (Lipinski definition) is 5. The van der Waals surface area contributed by atoms with Gasteiger partial charge < -0.3 is 20.1 Å². The molecule has 6 heteroatoms. The first-order valence-corrected chi connectivity index (χ1v) is 7.72. The summed E-state index contributed by atoms with van der Waals surface area (Å²) in [6.45, 7) is 6.34. The van der Waals surface area contributed by atoms with E-state index in [4.69, 9.17) is 9.47 Å². The minimum absolute atomic E-state index is 0.167. The average Bonchev–Trinajstić information content (AvgIpc) is 2.46. The maximum absolute atomic E-state index is 11.9. The molecule has 0 aliphatic carbocycles. The number of methoxy groups -OCH3 is 1. The standard InChI is InChI=1S/C15H28N2O4/c1-11(2)10-13(15(19)20-3)17-14(18)6-9-21-12-4-7-16-8-5-12/h11-13,16H,4-10H2,1-3H3,(H,17,18). The molecule has 0 bridgehead atoms. The number of hydrogen-bond donors (Lipinski definition) is 2. The molecule has 1 unspecified atom stereocenters. The molecule has 1 heterocycles. The van der Waals surface area contributed by atoms with E-state index in [1.807, 2.05) is 13.8 Å². The van der Waals surface area contributed by atoms with Crippen LogP contribution in [-0.2, 0) is 19.1 Å². The molecule has 1 rings (SSSR count). The smallest absolute Gasteiger partial charge is 0.328 e. The number of esters is 1. The molecule has 1 saturated heterocycles. The van der Waals surface area contributed by atoms with Crippen LogP contribution in [0.4, 0.5) is 0 Å². The van der Waals surface area contributed by atoms with Crippen molar-refractivity contribution in [3.8, 4) is 0 Å². The fourth-order valence-electron chi connectivity index (χ4n) is 2.37. The van der Waals surface area contributed by atoms with Crippen LogP contribution in [0.2, 0.25) is 0 Å². The van der Waals surface area contributed by atoms with Gasteiger partial charge in [0.15, 0.2) is 0 Å². The van der Waals surface area contributed by atoms with Crippen molar-refractivity contribution in [1.29, 1.82) is 0 Å². The van der Waals surface area contributed by atoms with E-state index < -0.39 is 12.0 Å². The first-order valence-electron chi connectivity index (χ1n) is 7.72. The third kappa shape index (κ3) is 7.43. The Hall–Kier alpha value is -1.14. The second kappa shape index (κ2) is 9.73. The van der Waals surface area contributed by atoms with E-state index in [0.29, 0.717) is 18.9 Å². The van der Waals surface area contributed by atoms with Crippen molar-refractivity contribution in [3.05, 3.63) is 0 Å². The number of piperidine rings is 1. The normalized spacial score (nSPS) is 17.5. The molecule has 1 aliphatic heterocycles. The zero-order valence-electron chi connectivity index (χ0n) is 13.3. The van der Waals surface area contributed by atoms with Crippen molar-refractivity contribution in [2.45, 2.75) is 51.7 Å². The molecule has 6 nitrogen and oxygen atoms in total. The van der Waals surface area contributed by atoms with Gasteiger partial charge in [-0.25, -0.2) is 4.79 Å². The number of rotatable bonds is 8. The summed E-state index contributed by atoms with van der Waals surface area (Å²) in [5.41, 5.74) is 0. The number of ether oxygens (including phenoxy) is 2. The molecular formula is C15H28N2O4. The Bertz CT molecular complexity index is 328. The number of carbonyl (C=O) groups excluding carboxylic acids is 2. The van der Waals surface area contributed by atoms with Crippen molar-refractivity contribution >= 4 is 11.9 Å². The van der Waals surface area contributed by atoms with Crippen LogP contribution in [0.1, 0.15) is 39.5 Å². The average molecular weight is 300 g/mol. The van der Waals surface area contributed by atoms with Gasteiger partial charge in [0, 0.05) is 6.42 Å². The highest BCUT2D eigenvalue weighted by Gasteiger charge is 2.22. The van der Waals surface area contributed by atoms with Gasteiger partial charge in [0.1, 0.15) is 6.04 Å². The highest BCUT2D eigenvalue weighted by Crippen LogP contribution is 2.08. The van der Waals surface area contributed by atoms with E-state index in [1.165, 1.54) is 7.11 Å². The molecule has 0 radical (unpaired) electrons. The second-order valence-electron chi connectivity index (χ2n) is 5.84. The predicted octanol–water partition coefficient (Wildman–Crippen LogP) is 0.849. The Morgan fingerprint density at radius 1 is 1.29 bits per heavy atom. The van der Waals surface area contributed by atoms with Gasteiger partial charge in [-0.05, 0) is 38.3 Å². The topological polar surface area (TPSA) is 76.7 Å². The van der Waals surface area contributed by atoms with Crippen LogP contribution in [0.3, 0.4) is 0 Å². The summed E-state index contributed by atoms with van der Waals surface area (Å²) < 4.78 is 10.4. The Morgan fingerprint density at radius 3 is 2.52 bits per heavy atom. The summed E-state index contributed by atoms with van der Waals surface area (Å²) in [6, 6.07) is -0.568. The molecule has 0 aromatic carbocycles. The number of carbonyl (C=O) groups is 2. The number of amides is 1. The molecule has 21 heavy (non-hydrogen) atoms. The van der Waals surface area contributed by atoms with Crippen molar-refractivity contribution in [2.24, 2.45) is 5.92 Å². The molecule has 0 aromatic heterocycles. The van der Waals surface area contributed by atoms with E-state index in [9.17, 15) is 9.59 Å². The van der Waals surface area contributed by atoms with E-state index in [1.54, 1.807) is 0 Å². The summed E-state index contributed by atoms with van der Waals surface area (Å²) in [6.07, 6.45) is 3.06. The summed E-state index contributed by atoms with van der Waals surface area (Å²) in [4.78, 5) is 23.5. The zero-order valence-corrected chi connectivity index (χ0v) is 13.3.